The molecule has 8 heteroatoms. The smallest absolute Gasteiger partial charge is 0.246 e. The van der Waals surface area contributed by atoms with Crippen LogP contribution in [0.5, 0.6) is 0 Å². The highest BCUT2D eigenvalue weighted by Gasteiger charge is 2.40. The zero-order valence-electron chi connectivity index (χ0n) is 10.6. The van der Waals surface area contributed by atoms with Crippen LogP contribution in [0.25, 0.3) is 0 Å². The van der Waals surface area contributed by atoms with E-state index in [0.29, 0.717) is 0 Å². The van der Waals surface area contributed by atoms with Crippen LogP contribution < -0.4 is 5.73 Å². The summed E-state index contributed by atoms with van der Waals surface area (Å²) in [6, 6.07) is 1.71. The summed E-state index contributed by atoms with van der Waals surface area (Å²) in [4.78, 5) is -0.712. The number of benzene rings is 1. The highest BCUT2D eigenvalue weighted by molar-refractivity contribution is 7.89. The second kappa shape index (κ2) is 4.64. The van der Waals surface area contributed by atoms with Gasteiger partial charge >= 0.3 is 0 Å². The van der Waals surface area contributed by atoms with Gasteiger partial charge in [-0.05, 0) is 25.0 Å². The molecule has 2 saturated heterocycles. The van der Waals surface area contributed by atoms with E-state index < -0.39 is 26.6 Å². The maximum atomic E-state index is 13.8. The molecule has 0 aromatic heterocycles. The Morgan fingerprint density at radius 2 is 1.80 bits per heavy atom. The van der Waals surface area contributed by atoms with Gasteiger partial charge in [0.2, 0.25) is 10.0 Å². The van der Waals surface area contributed by atoms with Gasteiger partial charge in [-0.15, -0.1) is 0 Å². The molecule has 2 heterocycles. The second-order valence-corrected chi connectivity index (χ2v) is 7.00. The van der Waals surface area contributed by atoms with Gasteiger partial charge < -0.3 is 10.5 Å². The van der Waals surface area contributed by atoms with Crippen LogP contribution in [-0.4, -0.2) is 38.0 Å². The Morgan fingerprint density at radius 3 is 2.40 bits per heavy atom. The predicted molar refractivity (Wildman–Crippen MR) is 67.4 cm³/mol. The third-order valence-corrected chi connectivity index (χ3v) is 5.48. The Balaban J connectivity index is 2.00. The Bertz CT molecular complexity index is 638. The van der Waals surface area contributed by atoms with Crippen LogP contribution in [0.4, 0.5) is 14.5 Å². The summed E-state index contributed by atoms with van der Waals surface area (Å²) in [5.74, 6) is -2.65. The summed E-state index contributed by atoms with van der Waals surface area (Å²) >= 11 is 0. The van der Waals surface area contributed by atoms with E-state index in [2.05, 4.69) is 0 Å². The molecule has 2 bridgehead atoms. The fraction of sp³-hybridized carbons (Fsp3) is 0.500. The minimum Gasteiger partial charge on any atom is -0.399 e. The first-order chi connectivity index (χ1) is 9.38. The molecule has 2 atom stereocenters. The molecule has 2 fully saturated rings. The SMILES string of the molecule is Nc1cc(F)c(F)c(S(=O)(=O)N2CC3CCC(C2)O3)c1. The highest BCUT2D eigenvalue weighted by atomic mass is 32.2. The van der Waals surface area contributed by atoms with Crippen LogP contribution >= 0.6 is 0 Å². The van der Waals surface area contributed by atoms with Crippen molar-refractivity contribution in [2.24, 2.45) is 0 Å². The van der Waals surface area contributed by atoms with Gasteiger partial charge in [0.15, 0.2) is 11.6 Å². The lowest BCUT2D eigenvalue weighted by Crippen LogP contribution is -2.45. The lowest BCUT2D eigenvalue weighted by Gasteiger charge is -2.31. The van der Waals surface area contributed by atoms with E-state index in [1.807, 2.05) is 0 Å². The van der Waals surface area contributed by atoms with Gasteiger partial charge in [0, 0.05) is 18.8 Å². The van der Waals surface area contributed by atoms with Crippen molar-refractivity contribution >= 4 is 15.7 Å². The largest absolute Gasteiger partial charge is 0.399 e. The van der Waals surface area contributed by atoms with Gasteiger partial charge in [0.1, 0.15) is 4.90 Å². The Labute approximate surface area is 115 Å². The van der Waals surface area contributed by atoms with Crippen molar-refractivity contribution < 1.29 is 21.9 Å². The monoisotopic (exact) mass is 304 g/mol. The van der Waals surface area contributed by atoms with Gasteiger partial charge in [-0.3, -0.25) is 0 Å². The van der Waals surface area contributed by atoms with Gasteiger partial charge in [0.05, 0.1) is 12.2 Å². The molecule has 1 aromatic carbocycles. The normalized spacial score (nSPS) is 26.9. The number of hydrogen-bond donors (Lipinski definition) is 1. The molecule has 2 N–H and O–H groups in total. The summed E-state index contributed by atoms with van der Waals surface area (Å²) in [7, 11) is -4.11. The summed E-state index contributed by atoms with van der Waals surface area (Å²) in [6.07, 6.45) is 1.23. The number of anilines is 1. The fourth-order valence-corrected chi connectivity index (χ4v) is 4.30. The molecule has 0 radical (unpaired) electrons. The van der Waals surface area contributed by atoms with E-state index >= 15 is 0 Å². The van der Waals surface area contributed by atoms with Gasteiger partial charge in [0.25, 0.3) is 0 Å². The minimum atomic E-state index is -4.11. The molecule has 0 aliphatic carbocycles. The topological polar surface area (TPSA) is 72.6 Å². The molecule has 20 heavy (non-hydrogen) atoms. The number of nitrogens with zero attached hydrogens (tertiary/aromatic N) is 1. The number of ether oxygens (including phenoxy) is 1. The number of nitrogen functional groups attached to an aromatic ring is 1. The number of hydrogen-bond acceptors (Lipinski definition) is 4. The molecule has 0 amide bonds. The van der Waals surface area contributed by atoms with Crippen molar-refractivity contribution in [2.75, 3.05) is 18.8 Å². The van der Waals surface area contributed by atoms with Crippen LogP contribution in [0.1, 0.15) is 12.8 Å². The van der Waals surface area contributed by atoms with E-state index in [0.717, 1.165) is 29.3 Å². The average molecular weight is 304 g/mol. The number of nitrogens with two attached hydrogens (primary N) is 1. The molecule has 2 unspecified atom stereocenters. The van der Waals surface area contributed by atoms with Crippen LogP contribution in [-0.2, 0) is 14.8 Å². The standard InChI is InChI=1S/C12H14F2N2O3S/c13-10-3-7(15)4-11(12(10)14)20(17,18)16-5-8-1-2-9(6-16)19-8/h3-4,8-9H,1-2,5-6,15H2. The van der Waals surface area contributed by atoms with E-state index in [1.165, 1.54) is 0 Å². The lowest BCUT2D eigenvalue weighted by atomic mass is 10.2. The predicted octanol–water partition coefficient (Wildman–Crippen LogP) is 1.10. The van der Waals surface area contributed by atoms with Crippen molar-refractivity contribution in [3.8, 4) is 0 Å². The Morgan fingerprint density at radius 1 is 1.20 bits per heavy atom. The lowest BCUT2D eigenvalue weighted by molar-refractivity contribution is -0.0115. The number of fused-ring (bicyclic) bond motifs is 2. The van der Waals surface area contributed by atoms with E-state index in [1.54, 1.807) is 0 Å². The molecule has 5 nitrogen and oxygen atoms in total. The number of halogens is 2. The molecule has 2 aliphatic rings. The van der Waals surface area contributed by atoms with Crippen LogP contribution in [0.2, 0.25) is 0 Å². The first-order valence-corrected chi connectivity index (χ1v) is 7.72. The summed E-state index contributed by atoms with van der Waals surface area (Å²) in [5, 5.41) is 0. The van der Waals surface area contributed by atoms with Crippen LogP contribution in [0.3, 0.4) is 0 Å². The molecule has 2 aliphatic heterocycles. The van der Waals surface area contributed by atoms with Crippen molar-refractivity contribution in [3.63, 3.8) is 0 Å². The summed E-state index contributed by atoms with van der Waals surface area (Å²) < 4.78 is 58.7. The van der Waals surface area contributed by atoms with Gasteiger partial charge in [-0.2, -0.15) is 4.31 Å². The van der Waals surface area contributed by atoms with E-state index in [4.69, 9.17) is 10.5 Å². The highest BCUT2D eigenvalue weighted by Crippen LogP contribution is 2.31. The summed E-state index contributed by atoms with van der Waals surface area (Å²) in [6.45, 7) is 0.323. The Kier molecular flexibility index (Phi) is 3.19. The molecule has 1 aromatic rings. The first-order valence-electron chi connectivity index (χ1n) is 6.28. The maximum absolute atomic E-state index is 13.8. The van der Waals surface area contributed by atoms with Crippen LogP contribution in [0, 0.1) is 11.6 Å². The fourth-order valence-electron chi connectivity index (χ4n) is 2.68. The second-order valence-electron chi connectivity index (χ2n) is 5.09. The quantitative estimate of drug-likeness (QED) is 0.830. The zero-order valence-corrected chi connectivity index (χ0v) is 11.4. The van der Waals surface area contributed by atoms with Gasteiger partial charge in [-0.1, -0.05) is 0 Å². The molecule has 3 rings (SSSR count). The van der Waals surface area contributed by atoms with Crippen molar-refractivity contribution in [2.45, 2.75) is 29.9 Å². The number of rotatable bonds is 2. The first kappa shape index (κ1) is 13.7. The van der Waals surface area contributed by atoms with Gasteiger partial charge in [-0.25, -0.2) is 17.2 Å². The molecule has 0 spiro atoms. The Hall–Kier alpha value is -1.25. The molecular formula is C12H14F2N2O3S. The number of sulfonamides is 1. The van der Waals surface area contributed by atoms with Crippen molar-refractivity contribution in [1.82, 2.24) is 4.31 Å². The van der Waals surface area contributed by atoms with E-state index in [-0.39, 0.29) is 31.0 Å². The molecule has 0 saturated carbocycles. The van der Waals surface area contributed by atoms with Crippen molar-refractivity contribution in [1.29, 1.82) is 0 Å². The van der Waals surface area contributed by atoms with Crippen molar-refractivity contribution in [3.05, 3.63) is 23.8 Å². The zero-order chi connectivity index (χ0) is 14.5. The minimum absolute atomic E-state index is 0.126. The third-order valence-electron chi connectivity index (χ3n) is 3.65. The van der Waals surface area contributed by atoms with E-state index in [9.17, 15) is 17.2 Å². The molecular weight excluding hydrogens is 290 g/mol. The summed E-state index contributed by atoms with van der Waals surface area (Å²) in [5.41, 5.74) is 5.28. The third kappa shape index (κ3) is 2.17. The maximum Gasteiger partial charge on any atom is 0.246 e. The number of morpholine rings is 1. The molecule has 110 valence electrons. The average Bonchev–Trinajstić information content (AvgIpc) is 2.72. The van der Waals surface area contributed by atoms with Crippen LogP contribution in [0.15, 0.2) is 17.0 Å².